The second kappa shape index (κ2) is 7.44. The van der Waals surface area contributed by atoms with Crippen molar-refractivity contribution >= 4 is 11.9 Å². The molecule has 0 aliphatic heterocycles. The van der Waals surface area contributed by atoms with Gasteiger partial charge >= 0.3 is 11.9 Å². The predicted molar refractivity (Wildman–Crippen MR) is 111 cm³/mol. The third-order valence-corrected chi connectivity index (χ3v) is 10.2. The van der Waals surface area contributed by atoms with Crippen LogP contribution in [0, 0.1) is 39.9 Å². The molecular formula is C23H35N3O4. The minimum absolute atomic E-state index is 0.0888. The summed E-state index contributed by atoms with van der Waals surface area (Å²) >= 11 is 0. The molecule has 0 N–H and O–H groups in total. The van der Waals surface area contributed by atoms with Crippen LogP contribution in [0.1, 0.15) is 85.5 Å². The van der Waals surface area contributed by atoms with Crippen molar-refractivity contribution in [3.8, 4) is 0 Å². The topological polar surface area (TPSA) is 101 Å². The van der Waals surface area contributed by atoms with Crippen LogP contribution in [-0.2, 0) is 19.4 Å². The molecule has 8 atom stereocenters. The second-order valence-electron chi connectivity index (χ2n) is 11.1. The van der Waals surface area contributed by atoms with Gasteiger partial charge in [0.1, 0.15) is 0 Å². The summed E-state index contributed by atoms with van der Waals surface area (Å²) in [6.07, 6.45) is 9.48. The van der Waals surface area contributed by atoms with E-state index in [4.69, 9.17) is 10.4 Å². The summed E-state index contributed by atoms with van der Waals surface area (Å²) in [5.74, 6) is 0.686. The van der Waals surface area contributed by atoms with E-state index in [1.54, 1.807) is 0 Å². The molecule has 4 saturated carbocycles. The molecule has 0 saturated heterocycles. The molecule has 0 aromatic carbocycles. The van der Waals surface area contributed by atoms with E-state index in [9.17, 15) is 9.59 Å². The van der Waals surface area contributed by atoms with Gasteiger partial charge in [0.05, 0.1) is 5.92 Å². The Balaban J connectivity index is 1.56. The molecule has 7 heteroatoms. The van der Waals surface area contributed by atoms with E-state index in [1.807, 2.05) is 0 Å². The predicted octanol–water partition coefficient (Wildman–Crippen LogP) is 5.74. The van der Waals surface area contributed by atoms with Crippen molar-refractivity contribution in [3.63, 3.8) is 0 Å². The summed E-state index contributed by atoms with van der Waals surface area (Å²) in [5.41, 5.74) is 9.12. The van der Waals surface area contributed by atoms with Crippen LogP contribution in [0.3, 0.4) is 0 Å². The molecule has 0 aromatic rings. The maximum absolute atomic E-state index is 12.8. The molecule has 0 aromatic heterocycles. The summed E-state index contributed by atoms with van der Waals surface area (Å²) in [5, 5.41) is 4.04. The van der Waals surface area contributed by atoms with Crippen molar-refractivity contribution in [1.82, 2.24) is 0 Å². The Morgan fingerprint density at radius 1 is 0.933 bits per heavy atom. The Morgan fingerprint density at radius 3 is 2.37 bits per heavy atom. The molecule has 0 heterocycles. The lowest BCUT2D eigenvalue weighted by molar-refractivity contribution is -0.264. The van der Waals surface area contributed by atoms with Gasteiger partial charge in [0.15, 0.2) is 0 Å². The number of rotatable bonds is 2. The first-order valence-corrected chi connectivity index (χ1v) is 11.6. The molecule has 0 bridgehead atoms. The molecule has 0 spiro atoms. The highest BCUT2D eigenvalue weighted by molar-refractivity contribution is 5.75. The first kappa shape index (κ1) is 21.5. The van der Waals surface area contributed by atoms with E-state index in [0.29, 0.717) is 23.2 Å². The monoisotopic (exact) mass is 417 g/mol. The average molecular weight is 418 g/mol. The fourth-order valence-electron chi connectivity index (χ4n) is 8.35. The summed E-state index contributed by atoms with van der Waals surface area (Å²) < 4.78 is 0. The molecule has 0 radical (unpaired) electrons. The number of carbonyl (C=O) groups is 2. The van der Waals surface area contributed by atoms with Crippen molar-refractivity contribution in [2.45, 2.75) is 91.5 Å². The maximum atomic E-state index is 12.8. The maximum Gasteiger partial charge on any atom is 0.359 e. The van der Waals surface area contributed by atoms with Crippen LogP contribution >= 0.6 is 0 Å². The highest BCUT2D eigenvalue weighted by Crippen LogP contribution is 2.72. The Morgan fingerprint density at radius 2 is 1.67 bits per heavy atom. The van der Waals surface area contributed by atoms with Gasteiger partial charge in [-0.15, -0.1) is 0 Å². The normalized spacial score (nSPS) is 47.1. The Bertz CT molecular complexity index is 780. The molecule has 4 aliphatic carbocycles. The SMILES string of the molecule is CC(=O)OOC(=O)[C@H]1CCC2(C)[C@@H]3CCC4C[C@@H](N=[N+]=[N-])CC[C@]4(C)[C@H]3CC[C@]12C. The second-order valence-corrected chi connectivity index (χ2v) is 11.1. The van der Waals surface area contributed by atoms with Crippen LogP contribution in [-0.4, -0.2) is 18.0 Å². The zero-order chi connectivity index (χ0) is 21.7. The lowest BCUT2D eigenvalue weighted by Gasteiger charge is -2.64. The van der Waals surface area contributed by atoms with Gasteiger partial charge in [0, 0.05) is 17.9 Å². The number of azide groups is 1. The summed E-state index contributed by atoms with van der Waals surface area (Å²) in [4.78, 5) is 36.4. The van der Waals surface area contributed by atoms with E-state index >= 15 is 0 Å². The van der Waals surface area contributed by atoms with Gasteiger partial charge in [0.25, 0.3) is 0 Å². The van der Waals surface area contributed by atoms with Crippen molar-refractivity contribution < 1.29 is 19.4 Å². The number of hydrogen-bond acceptors (Lipinski definition) is 5. The van der Waals surface area contributed by atoms with E-state index in [0.717, 1.165) is 44.9 Å². The van der Waals surface area contributed by atoms with Gasteiger partial charge < -0.3 is 0 Å². The van der Waals surface area contributed by atoms with Gasteiger partial charge in [0.2, 0.25) is 0 Å². The first-order valence-electron chi connectivity index (χ1n) is 11.6. The Kier molecular flexibility index (Phi) is 5.32. The van der Waals surface area contributed by atoms with Crippen molar-refractivity contribution in [1.29, 1.82) is 0 Å². The number of fused-ring (bicyclic) bond motifs is 5. The standard InChI is InChI=1S/C23H35N3O4/c1-14(27)29-30-20(28)19-9-12-22(3)18-6-5-15-13-16(25-26-24)7-10-21(15,2)17(18)8-11-23(19,22)4/h15-19H,5-13H2,1-4H3/t15?,16-,17-,18+,19+,21-,22?,23+/m0/s1. The molecule has 4 rings (SSSR count). The van der Waals surface area contributed by atoms with Crippen molar-refractivity contribution in [2.24, 2.45) is 45.0 Å². The largest absolute Gasteiger partial charge is 0.359 e. The van der Waals surface area contributed by atoms with Crippen LogP contribution in [0.15, 0.2) is 5.11 Å². The molecule has 4 fully saturated rings. The summed E-state index contributed by atoms with van der Waals surface area (Å²) in [6, 6.07) is 0.154. The van der Waals surface area contributed by atoms with Crippen LogP contribution in [0.5, 0.6) is 0 Å². The van der Waals surface area contributed by atoms with Gasteiger partial charge in [-0.2, -0.15) is 0 Å². The quantitative estimate of drug-likeness (QED) is 0.188. The van der Waals surface area contributed by atoms with Gasteiger partial charge in [-0.05, 0) is 97.3 Å². The number of hydrogen-bond donors (Lipinski definition) is 0. The third kappa shape index (κ3) is 3.04. The number of carbonyl (C=O) groups excluding carboxylic acids is 2. The van der Waals surface area contributed by atoms with Gasteiger partial charge in [-0.25, -0.2) is 19.4 Å². The van der Waals surface area contributed by atoms with E-state index < -0.39 is 5.97 Å². The molecule has 166 valence electrons. The fraction of sp³-hybridized carbons (Fsp3) is 0.913. The van der Waals surface area contributed by atoms with Crippen LogP contribution < -0.4 is 0 Å². The van der Waals surface area contributed by atoms with Crippen molar-refractivity contribution in [2.75, 3.05) is 0 Å². The van der Waals surface area contributed by atoms with E-state index in [-0.39, 0.29) is 28.8 Å². The minimum Gasteiger partial charge on any atom is -0.248 e. The van der Waals surface area contributed by atoms with Crippen LogP contribution in [0.4, 0.5) is 0 Å². The van der Waals surface area contributed by atoms with Gasteiger partial charge in [-0.1, -0.05) is 25.9 Å². The molecule has 0 amide bonds. The van der Waals surface area contributed by atoms with Crippen LogP contribution in [0.25, 0.3) is 10.4 Å². The summed E-state index contributed by atoms with van der Waals surface area (Å²) in [6.45, 7) is 8.39. The smallest absolute Gasteiger partial charge is 0.248 e. The average Bonchev–Trinajstić information content (AvgIpc) is 2.98. The molecule has 2 unspecified atom stereocenters. The zero-order valence-corrected chi connectivity index (χ0v) is 18.7. The fourth-order valence-corrected chi connectivity index (χ4v) is 8.35. The van der Waals surface area contributed by atoms with Gasteiger partial charge in [-0.3, -0.25) is 0 Å². The first-order chi connectivity index (χ1) is 14.2. The number of nitrogens with zero attached hydrogens (tertiary/aromatic N) is 3. The third-order valence-electron chi connectivity index (χ3n) is 10.2. The lowest BCUT2D eigenvalue weighted by Crippen LogP contribution is -2.58. The van der Waals surface area contributed by atoms with Crippen molar-refractivity contribution in [3.05, 3.63) is 10.4 Å². The Labute approximate surface area is 178 Å². The van der Waals surface area contributed by atoms with E-state index in [2.05, 4.69) is 35.7 Å². The lowest BCUT2D eigenvalue weighted by atomic mass is 9.40. The molecule has 30 heavy (non-hydrogen) atoms. The minimum atomic E-state index is -0.597. The molecule has 7 nitrogen and oxygen atoms in total. The summed E-state index contributed by atoms with van der Waals surface area (Å²) in [7, 11) is 0. The highest BCUT2D eigenvalue weighted by Gasteiger charge is 2.67. The molecule has 4 aliphatic rings. The zero-order valence-electron chi connectivity index (χ0n) is 18.7. The molecular weight excluding hydrogens is 382 g/mol. The van der Waals surface area contributed by atoms with Crippen LogP contribution in [0.2, 0.25) is 0 Å². The Hall–Kier alpha value is -1.75. The highest BCUT2D eigenvalue weighted by atomic mass is 17.2. The van der Waals surface area contributed by atoms with E-state index in [1.165, 1.54) is 19.8 Å².